The van der Waals surface area contributed by atoms with Crippen LogP contribution in [0.5, 0.6) is 0 Å². The van der Waals surface area contributed by atoms with Gasteiger partial charge in [0.05, 0.1) is 6.61 Å². The zero-order chi connectivity index (χ0) is 9.52. The molecule has 1 radical (unpaired) electrons. The van der Waals surface area contributed by atoms with Crippen molar-refractivity contribution < 1.29 is 4.43 Å². The third-order valence-electron chi connectivity index (χ3n) is 1.60. The van der Waals surface area contributed by atoms with Crippen LogP contribution in [0.15, 0.2) is 30.3 Å². The van der Waals surface area contributed by atoms with Gasteiger partial charge in [-0.15, -0.1) is 0 Å². The molecule has 0 aliphatic rings. The molecule has 0 aliphatic carbocycles. The van der Waals surface area contributed by atoms with Crippen LogP contribution >= 0.6 is 0 Å². The summed E-state index contributed by atoms with van der Waals surface area (Å²) < 4.78 is 5.50. The highest BCUT2D eigenvalue weighted by molar-refractivity contribution is 6.48. The first-order chi connectivity index (χ1) is 6.29. The molecule has 0 aromatic heterocycles. The van der Waals surface area contributed by atoms with Gasteiger partial charge < -0.3 is 9.74 Å². The highest BCUT2D eigenvalue weighted by atomic mass is 28.3. The molecule has 0 aliphatic heterocycles. The van der Waals surface area contributed by atoms with Crippen LogP contribution in [-0.2, 0) is 4.43 Å². The summed E-state index contributed by atoms with van der Waals surface area (Å²) in [5.74, 6) is 0. The smallest absolute Gasteiger partial charge is 0.204 e. The Labute approximate surface area is 81.7 Å². The van der Waals surface area contributed by atoms with Crippen molar-refractivity contribution in [2.45, 2.75) is 13.1 Å². The molecule has 2 nitrogen and oxygen atoms in total. The van der Waals surface area contributed by atoms with E-state index < -0.39 is 9.04 Å². The molecule has 1 rings (SSSR count). The SMILES string of the molecule is C[Si](C)OCCNc1ccccc1. The van der Waals surface area contributed by atoms with Gasteiger partial charge in [0.15, 0.2) is 0 Å². The summed E-state index contributed by atoms with van der Waals surface area (Å²) in [6.07, 6.45) is 0. The summed E-state index contributed by atoms with van der Waals surface area (Å²) in [5, 5.41) is 3.29. The van der Waals surface area contributed by atoms with Crippen LogP contribution < -0.4 is 5.32 Å². The van der Waals surface area contributed by atoms with E-state index in [4.69, 9.17) is 4.43 Å². The number of rotatable bonds is 5. The van der Waals surface area contributed by atoms with Crippen molar-refractivity contribution in [1.29, 1.82) is 0 Å². The highest BCUT2D eigenvalue weighted by Crippen LogP contribution is 2.03. The van der Waals surface area contributed by atoms with E-state index in [2.05, 4.69) is 30.5 Å². The number of nitrogens with one attached hydrogen (secondary N) is 1. The van der Waals surface area contributed by atoms with Gasteiger partial charge in [0.2, 0.25) is 9.04 Å². The maximum atomic E-state index is 5.50. The van der Waals surface area contributed by atoms with Crippen LogP contribution in [0, 0.1) is 0 Å². The first-order valence-electron chi connectivity index (χ1n) is 4.51. The Balaban J connectivity index is 2.13. The Hall–Kier alpha value is -0.803. The van der Waals surface area contributed by atoms with Gasteiger partial charge in [0, 0.05) is 12.2 Å². The molecule has 0 amide bonds. The van der Waals surface area contributed by atoms with E-state index in [0.717, 1.165) is 18.8 Å². The average Bonchev–Trinajstić information content (AvgIpc) is 2.14. The van der Waals surface area contributed by atoms with Crippen LogP contribution in [0.2, 0.25) is 13.1 Å². The molecule has 0 unspecified atom stereocenters. The van der Waals surface area contributed by atoms with Crippen LogP contribution in [0.25, 0.3) is 0 Å². The topological polar surface area (TPSA) is 21.3 Å². The fourth-order valence-corrected chi connectivity index (χ4v) is 1.52. The Morgan fingerprint density at radius 1 is 1.23 bits per heavy atom. The first-order valence-corrected chi connectivity index (χ1v) is 6.92. The van der Waals surface area contributed by atoms with Crippen LogP contribution in [0.4, 0.5) is 5.69 Å². The van der Waals surface area contributed by atoms with Crippen molar-refractivity contribution in [2.24, 2.45) is 0 Å². The fourth-order valence-electron chi connectivity index (χ4n) is 1.01. The molecule has 0 bridgehead atoms. The second kappa shape index (κ2) is 5.78. The molecule has 1 aromatic carbocycles. The number of para-hydroxylation sites is 1. The minimum absolute atomic E-state index is 0.528. The second-order valence-electron chi connectivity index (χ2n) is 3.05. The van der Waals surface area contributed by atoms with E-state index in [1.807, 2.05) is 18.2 Å². The molecule has 0 heterocycles. The van der Waals surface area contributed by atoms with E-state index >= 15 is 0 Å². The quantitative estimate of drug-likeness (QED) is 0.574. The minimum Gasteiger partial charge on any atom is -0.415 e. The molecular formula is C10H16NOSi. The van der Waals surface area contributed by atoms with Crippen molar-refractivity contribution >= 4 is 14.7 Å². The molecule has 1 aromatic rings. The van der Waals surface area contributed by atoms with Crippen LogP contribution in [-0.4, -0.2) is 22.2 Å². The maximum Gasteiger partial charge on any atom is 0.204 e. The van der Waals surface area contributed by atoms with Crippen molar-refractivity contribution in [1.82, 2.24) is 0 Å². The van der Waals surface area contributed by atoms with Crippen LogP contribution in [0.3, 0.4) is 0 Å². The van der Waals surface area contributed by atoms with Crippen molar-refractivity contribution in [3.8, 4) is 0 Å². The number of hydrogen-bond acceptors (Lipinski definition) is 2. The molecule has 0 atom stereocenters. The summed E-state index contributed by atoms with van der Waals surface area (Å²) in [5.41, 5.74) is 1.16. The number of hydrogen-bond donors (Lipinski definition) is 1. The van der Waals surface area contributed by atoms with Crippen LogP contribution in [0.1, 0.15) is 0 Å². The van der Waals surface area contributed by atoms with Crippen molar-refractivity contribution in [3.63, 3.8) is 0 Å². The number of anilines is 1. The molecule has 0 saturated carbocycles. The molecule has 0 saturated heterocycles. The highest BCUT2D eigenvalue weighted by Gasteiger charge is 1.95. The molecule has 0 fully saturated rings. The zero-order valence-electron chi connectivity index (χ0n) is 8.21. The van der Waals surface area contributed by atoms with E-state index in [-0.39, 0.29) is 0 Å². The van der Waals surface area contributed by atoms with Gasteiger partial charge in [-0.3, -0.25) is 0 Å². The van der Waals surface area contributed by atoms with Gasteiger partial charge >= 0.3 is 0 Å². The summed E-state index contributed by atoms with van der Waals surface area (Å²) in [6.45, 7) is 5.98. The lowest BCUT2D eigenvalue weighted by molar-refractivity contribution is 0.342. The molecule has 3 heteroatoms. The Bertz CT molecular complexity index is 226. The van der Waals surface area contributed by atoms with E-state index in [1.165, 1.54) is 0 Å². The molecular weight excluding hydrogens is 178 g/mol. The van der Waals surface area contributed by atoms with Gasteiger partial charge in [-0.25, -0.2) is 0 Å². The Morgan fingerprint density at radius 3 is 2.54 bits per heavy atom. The second-order valence-corrected chi connectivity index (χ2v) is 5.15. The largest absolute Gasteiger partial charge is 0.415 e. The standard InChI is InChI=1S/C10H16NOSi/c1-13(2)12-9-8-11-10-6-4-3-5-7-10/h3-7,11H,8-9H2,1-2H3. The van der Waals surface area contributed by atoms with E-state index in [1.54, 1.807) is 0 Å². The lowest BCUT2D eigenvalue weighted by Crippen LogP contribution is -2.15. The molecule has 71 valence electrons. The predicted octanol–water partition coefficient (Wildman–Crippen LogP) is 2.37. The van der Waals surface area contributed by atoms with Gasteiger partial charge in [-0.2, -0.15) is 0 Å². The third-order valence-corrected chi connectivity index (χ3v) is 2.38. The number of benzene rings is 1. The lowest BCUT2D eigenvalue weighted by Gasteiger charge is -2.08. The van der Waals surface area contributed by atoms with Gasteiger partial charge in [0.1, 0.15) is 0 Å². The minimum atomic E-state index is -0.528. The van der Waals surface area contributed by atoms with Crippen molar-refractivity contribution in [2.75, 3.05) is 18.5 Å². The lowest BCUT2D eigenvalue weighted by atomic mass is 10.3. The summed E-state index contributed by atoms with van der Waals surface area (Å²) >= 11 is 0. The third kappa shape index (κ3) is 4.70. The summed E-state index contributed by atoms with van der Waals surface area (Å²) in [7, 11) is -0.528. The summed E-state index contributed by atoms with van der Waals surface area (Å²) in [4.78, 5) is 0. The predicted molar refractivity (Wildman–Crippen MR) is 58.4 cm³/mol. The normalized spacial score (nSPS) is 10.4. The van der Waals surface area contributed by atoms with Gasteiger partial charge in [-0.05, 0) is 25.2 Å². The molecule has 0 spiro atoms. The first kappa shape index (κ1) is 10.3. The Kier molecular flexibility index (Phi) is 4.57. The molecule has 1 N–H and O–H groups in total. The van der Waals surface area contributed by atoms with Crippen molar-refractivity contribution in [3.05, 3.63) is 30.3 Å². The molecule has 13 heavy (non-hydrogen) atoms. The van der Waals surface area contributed by atoms with Gasteiger partial charge in [-0.1, -0.05) is 18.2 Å². The monoisotopic (exact) mass is 194 g/mol. The van der Waals surface area contributed by atoms with E-state index in [9.17, 15) is 0 Å². The summed E-state index contributed by atoms with van der Waals surface area (Å²) in [6, 6.07) is 10.2. The fraction of sp³-hybridized carbons (Fsp3) is 0.400. The maximum absolute atomic E-state index is 5.50. The Morgan fingerprint density at radius 2 is 1.92 bits per heavy atom. The average molecular weight is 194 g/mol. The zero-order valence-corrected chi connectivity index (χ0v) is 9.21. The van der Waals surface area contributed by atoms with Gasteiger partial charge in [0.25, 0.3) is 0 Å². The van der Waals surface area contributed by atoms with E-state index in [0.29, 0.717) is 0 Å².